The second-order valence-corrected chi connectivity index (χ2v) is 5.23. The molecule has 0 atom stereocenters. The maximum absolute atomic E-state index is 11.8. The third kappa shape index (κ3) is 4.19. The molecule has 1 amide bonds. The van der Waals surface area contributed by atoms with Gasteiger partial charge < -0.3 is 10.1 Å². The molecule has 0 radical (unpaired) electrons. The van der Waals surface area contributed by atoms with Crippen LogP contribution in [-0.4, -0.2) is 43.6 Å². The van der Waals surface area contributed by atoms with Crippen LogP contribution >= 0.6 is 0 Å². The number of ether oxygens (including phenoxy) is 1. The van der Waals surface area contributed by atoms with Gasteiger partial charge in [0.15, 0.2) is 6.61 Å². The molecule has 0 aliphatic heterocycles. The number of hydrogen-bond acceptors (Lipinski definition) is 5. The Hall–Kier alpha value is -3.16. The van der Waals surface area contributed by atoms with Crippen molar-refractivity contribution in [2.24, 2.45) is 7.05 Å². The molecule has 0 spiro atoms. The first-order valence-electron chi connectivity index (χ1n) is 7.52. The van der Waals surface area contributed by atoms with Crippen molar-refractivity contribution in [1.82, 2.24) is 29.9 Å². The number of carbonyl (C=O) groups is 1. The van der Waals surface area contributed by atoms with Crippen LogP contribution in [0.4, 0.5) is 0 Å². The van der Waals surface area contributed by atoms with Crippen LogP contribution in [0.2, 0.25) is 0 Å². The van der Waals surface area contributed by atoms with Crippen LogP contribution in [0.15, 0.2) is 49.3 Å². The maximum Gasteiger partial charge on any atom is 0.258 e. The molecule has 0 saturated carbocycles. The van der Waals surface area contributed by atoms with E-state index >= 15 is 0 Å². The molecule has 1 N–H and O–H groups in total. The number of nitrogens with one attached hydrogen (secondary N) is 1. The largest absolute Gasteiger partial charge is 0.484 e. The highest BCUT2D eigenvalue weighted by Gasteiger charge is 2.05. The first-order valence-corrected chi connectivity index (χ1v) is 7.52. The van der Waals surface area contributed by atoms with E-state index in [9.17, 15) is 4.79 Å². The summed E-state index contributed by atoms with van der Waals surface area (Å²) in [6.45, 7) is 1.01. The summed E-state index contributed by atoms with van der Waals surface area (Å²) in [6, 6.07) is 7.57. The molecular formula is C16H18N6O2. The summed E-state index contributed by atoms with van der Waals surface area (Å²) in [5, 5.41) is 10.9. The van der Waals surface area contributed by atoms with Gasteiger partial charge in [-0.25, -0.2) is 4.98 Å². The van der Waals surface area contributed by atoms with E-state index in [2.05, 4.69) is 20.5 Å². The van der Waals surface area contributed by atoms with E-state index in [1.54, 1.807) is 21.9 Å². The van der Waals surface area contributed by atoms with Crippen molar-refractivity contribution in [3.05, 3.63) is 49.3 Å². The van der Waals surface area contributed by atoms with E-state index < -0.39 is 0 Å². The van der Waals surface area contributed by atoms with E-state index in [1.165, 1.54) is 6.33 Å². The van der Waals surface area contributed by atoms with E-state index in [0.717, 1.165) is 11.1 Å². The van der Waals surface area contributed by atoms with Crippen molar-refractivity contribution in [3.63, 3.8) is 0 Å². The molecule has 0 aliphatic rings. The van der Waals surface area contributed by atoms with Crippen LogP contribution in [0, 0.1) is 0 Å². The van der Waals surface area contributed by atoms with Gasteiger partial charge in [-0.1, -0.05) is 12.1 Å². The average molecular weight is 326 g/mol. The van der Waals surface area contributed by atoms with Gasteiger partial charge >= 0.3 is 0 Å². The number of carbonyl (C=O) groups excluding carboxylic acids is 1. The Labute approximate surface area is 139 Å². The van der Waals surface area contributed by atoms with E-state index in [4.69, 9.17) is 4.74 Å². The first-order chi connectivity index (χ1) is 11.7. The fourth-order valence-electron chi connectivity index (χ4n) is 2.19. The molecule has 1 aromatic carbocycles. The predicted molar refractivity (Wildman–Crippen MR) is 87.2 cm³/mol. The molecule has 2 heterocycles. The zero-order chi connectivity index (χ0) is 16.8. The molecule has 3 aromatic rings. The van der Waals surface area contributed by atoms with Crippen molar-refractivity contribution in [3.8, 4) is 16.9 Å². The molecule has 24 heavy (non-hydrogen) atoms. The molecule has 0 bridgehead atoms. The second-order valence-electron chi connectivity index (χ2n) is 5.23. The quantitative estimate of drug-likeness (QED) is 0.696. The molecule has 2 aromatic heterocycles. The highest BCUT2D eigenvalue weighted by molar-refractivity contribution is 5.77. The highest BCUT2D eigenvalue weighted by Crippen LogP contribution is 2.23. The summed E-state index contributed by atoms with van der Waals surface area (Å²) >= 11 is 0. The lowest BCUT2D eigenvalue weighted by Crippen LogP contribution is -2.31. The van der Waals surface area contributed by atoms with Gasteiger partial charge in [0.25, 0.3) is 5.91 Å². The number of amides is 1. The first kappa shape index (κ1) is 15.7. The van der Waals surface area contributed by atoms with Crippen molar-refractivity contribution < 1.29 is 9.53 Å². The van der Waals surface area contributed by atoms with Crippen LogP contribution in [-0.2, 0) is 18.4 Å². The number of nitrogens with zero attached hydrogens (tertiary/aromatic N) is 5. The molecule has 124 valence electrons. The zero-order valence-corrected chi connectivity index (χ0v) is 13.3. The van der Waals surface area contributed by atoms with Crippen molar-refractivity contribution in [1.29, 1.82) is 0 Å². The Morgan fingerprint density at radius 1 is 1.29 bits per heavy atom. The van der Waals surface area contributed by atoms with Gasteiger partial charge in [-0.3, -0.25) is 14.2 Å². The Kier molecular flexibility index (Phi) is 4.85. The van der Waals surface area contributed by atoms with Gasteiger partial charge in [-0.15, -0.1) is 0 Å². The smallest absolute Gasteiger partial charge is 0.258 e. The fourth-order valence-corrected chi connectivity index (χ4v) is 2.19. The van der Waals surface area contributed by atoms with E-state index in [0.29, 0.717) is 18.8 Å². The summed E-state index contributed by atoms with van der Waals surface area (Å²) < 4.78 is 8.94. The highest BCUT2D eigenvalue weighted by atomic mass is 16.5. The zero-order valence-electron chi connectivity index (χ0n) is 13.3. The van der Waals surface area contributed by atoms with E-state index in [-0.39, 0.29) is 12.5 Å². The standard InChI is InChI=1S/C16H18N6O2/c1-21-9-14(8-19-21)13-3-2-4-15(7-13)24-10-16(23)18-5-6-22-12-17-11-20-22/h2-4,7-9,11-12H,5-6,10H2,1H3,(H,18,23). The molecule has 8 heteroatoms. The Morgan fingerprint density at radius 2 is 2.21 bits per heavy atom. The number of aromatic nitrogens is 5. The van der Waals surface area contributed by atoms with Crippen molar-refractivity contribution >= 4 is 5.91 Å². The number of hydrogen-bond donors (Lipinski definition) is 1. The molecule has 0 unspecified atom stereocenters. The van der Waals surface area contributed by atoms with Gasteiger partial charge in [-0.2, -0.15) is 10.2 Å². The average Bonchev–Trinajstić information content (AvgIpc) is 3.25. The van der Waals surface area contributed by atoms with Crippen LogP contribution in [0.1, 0.15) is 0 Å². The Morgan fingerprint density at radius 3 is 2.96 bits per heavy atom. The lowest BCUT2D eigenvalue weighted by molar-refractivity contribution is -0.123. The van der Waals surface area contributed by atoms with Gasteiger partial charge in [0.05, 0.1) is 12.7 Å². The van der Waals surface area contributed by atoms with Crippen molar-refractivity contribution in [2.75, 3.05) is 13.2 Å². The SMILES string of the molecule is Cn1cc(-c2cccc(OCC(=O)NCCn3cncn3)c2)cn1. The maximum atomic E-state index is 11.8. The number of aryl methyl sites for hydroxylation is 1. The van der Waals surface area contributed by atoms with Gasteiger partial charge in [0.1, 0.15) is 18.4 Å². The molecule has 3 rings (SSSR count). The topological polar surface area (TPSA) is 86.9 Å². The Balaban J connectivity index is 1.48. The van der Waals surface area contributed by atoms with Crippen LogP contribution in [0.5, 0.6) is 5.75 Å². The molecule has 0 fully saturated rings. The normalized spacial score (nSPS) is 10.5. The summed E-state index contributed by atoms with van der Waals surface area (Å²) in [7, 11) is 1.87. The molecule has 0 aliphatic carbocycles. The Bertz CT molecular complexity index is 797. The van der Waals surface area contributed by atoms with Gasteiger partial charge in [0.2, 0.25) is 0 Å². The lowest BCUT2D eigenvalue weighted by atomic mass is 10.1. The fraction of sp³-hybridized carbons (Fsp3) is 0.250. The molecular weight excluding hydrogens is 308 g/mol. The predicted octanol–water partition coefficient (Wildman–Crippen LogP) is 0.874. The van der Waals surface area contributed by atoms with Gasteiger partial charge in [0, 0.05) is 25.4 Å². The number of rotatable bonds is 7. The lowest BCUT2D eigenvalue weighted by Gasteiger charge is -2.08. The minimum atomic E-state index is -0.179. The second kappa shape index (κ2) is 7.40. The minimum Gasteiger partial charge on any atom is -0.484 e. The van der Waals surface area contributed by atoms with Crippen molar-refractivity contribution in [2.45, 2.75) is 6.54 Å². The number of benzene rings is 1. The van der Waals surface area contributed by atoms with Gasteiger partial charge in [-0.05, 0) is 17.7 Å². The summed E-state index contributed by atoms with van der Waals surface area (Å²) in [5.74, 6) is 0.463. The minimum absolute atomic E-state index is 0.0339. The van der Waals surface area contributed by atoms with E-state index in [1.807, 2.05) is 37.5 Å². The third-order valence-electron chi connectivity index (χ3n) is 3.37. The summed E-state index contributed by atoms with van der Waals surface area (Å²) in [6.07, 6.45) is 6.78. The summed E-state index contributed by atoms with van der Waals surface area (Å²) in [4.78, 5) is 15.6. The third-order valence-corrected chi connectivity index (χ3v) is 3.37. The van der Waals surface area contributed by atoms with Crippen LogP contribution in [0.3, 0.4) is 0 Å². The van der Waals surface area contributed by atoms with Crippen LogP contribution < -0.4 is 10.1 Å². The monoisotopic (exact) mass is 326 g/mol. The molecule has 0 saturated heterocycles. The van der Waals surface area contributed by atoms with Crippen LogP contribution in [0.25, 0.3) is 11.1 Å². The molecule has 8 nitrogen and oxygen atoms in total. The summed E-state index contributed by atoms with van der Waals surface area (Å²) in [5.41, 5.74) is 1.99.